The molecule has 1 aromatic heterocycles. The SMILES string of the molecule is NC(Cc1cccc(-c2ccncc2)c1)C(=O)O. The number of hydrogen-bond donors (Lipinski definition) is 2. The number of hydrogen-bond acceptors (Lipinski definition) is 3. The number of nitrogens with two attached hydrogens (primary N) is 1. The maximum absolute atomic E-state index is 10.7. The third-order valence-corrected chi connectivity index (χ3v) is 2.71. The van der Waals surface area contributed by atoms with Crippen LogP contribution in [0.5, 0.6) is 0 Å². The second-order valence-electron chi connectivity index (χ2n) is 4.09. The van der Waals surface area contributed by atoms with Gasteiger partial charge in [-0.15, -0.1) is 0 Å². The van der Waals surface area contributed by atoms with Crippen molar-refractivity contribution in [1.82, 2.24) is 4.98 Å². The molecule has 1 heterocycles. The van der Waals surface area contributed by atoms with Crippen molar-refractivity contribution in [2.24, 2.45) is 5.73 Å². The molecule has 2 aromatic rings. The van der Waals surface area contributed by atoms with Gasteiger partial charge in [0.15, 0.2) is 0 Å². The monoisotopic (exact) mass is 242 g/mol. The van der Waals surface area contributed by atoms with Crippen LogP contribution in [0.3, 0.4) is 0 Å². The molecular formula is C14H14N2O2. The van der Waals surface area contributed by atoms with Crippen molar-refractivity contribution in [1.29, 1.82) is 0 Å². The fourth-order valence-corrected chi connectivity index (χ4v) is 1.76. The second kappa shape index (κ2) is 5.42. The summed E-state index contributed by atoms with van der Waals surface area (Å²) >= 11 is 0. The predicted octanol–water partition coefficient (Wildman–Crippen LogP) is 1.70. The molecule has 0 aliphatic carbocycles. The molecule has 2 rings (SSSR count). The summed E-state index contributed by atoms with van der Waals surface area (Å²) in [5, 5.41) is 8.80. The molecule has 0 aliphatic heterocycles. The van der Waals surface area contributed by atoms with Crippen molar-refractivity contribution in [3.63, 3.8) is 0 Å². The van der Waals surface area contributed by atoms with Crippen LogP contribution in [0.2, 0.25) is 0 Å². The van der Waals surface area contributed by atoms with Gasteiger partial charge in [0.1, 0.15) is 6.04 Å². The summed E-state index contributed by atoms with van der Waals surface area (Å²) in [6, 6.07) is 10.7. The first-order valence-corrected chi connectivity index (χ1v) is 5.64. The van der Waals surface area contributed by atoms with E-state index in [0.717, 1.165) is 16.7 Å². The highest BCUT2D eigenvalue weighted by Gasteiger charge is 2.12. The van der Waals surface area contributed by atoms with Gasteiger partial charge in [-0.3, -0.25) is 9.78 Å². The van der Waals surface area contributed by atoms with Crippen molar-refractivity contribution in [2.75, 3.05) is 0 Å². The Morgan fingerprint density at radius 2 is 1.94 bits per heavy atom. The summed E-state index contributed by atoms with van der Waals surface area (Å²) in [7, 11) is 0. The zero-order valence-electron chi connectivity index (χ0n) is 9.78. The van der Waals surface area contributed by atoms with Crippen LogP contribution >= 0.6 is 0 Å². The molecule has 4 nitrogen and oxygen atoms in total. The summed E-state index contributed by atoms with van der Waals surface area (Å²) in [6.45, 7) is 0. The Morgan fingerprint density at radius 3 is 2.61 bits per heavy atom. The number of pyridine rings is 1. The molecule has 0 aliphatic rings. The minimum absolute atomic E-state index is 0.328. The topological polar surface area (TPSA) is 76.2 Å². The zero-order valence-corrected chi connectivity index (χ0v) is 9.78. The average molecular weight is 242 g/mol. The van der Waals surface area contributed by atoms with Crippen molar-refractivity contribution < 1.29 is 9.90 Å². The molecular weight excluding hydrogens is 228 g/mol. The zero-order chi connectivity index (χ0) is 13.0. The number of rotatable bonds is 4. The summed E-state index contributed by atoms with van der Waals surface area (Å²) in [6.07, 6.45) is 3.78. The van der Waals surface area contributed by atoms with Crippen molar-refractivity contribution in [2.45, 2.75) is 12.5 Å². The van der Waals surface area contributed by atoms with E-state index in [2.05, 4.69) is 4.98 Å². The molecule has 4 heteroatoms. The van der Waals surface area contributed by atoms with Crippen LogP contribution < -0.4 is 5.73 Å². The van der Waals surface area contributed by atoms with Crippen LogP contribution in [0.25, 0.3) is 11.1 Å². The Bertz CT molecular complexity index is 541. The molecule has 0 saturated carbocycles. The fraction of sp³-hybridized carbons (Fsp3) is 0.143. The largest absolute Gasteiger partial charge is 0.480 e. The van der Waals surface area contributed by atoms with Gasteiger partial charge < -0.3 is 10.8 Å². The van der Waals surface area contributed by atoms with Crippen molar-refractivity contribution in [3.8, 4) is 11.1 Å². The number of carbonyl (C=O) groups is 1. The molecule has 3 N–H and O–H groups in total. The first kappa shape index (κ1) is 12.3. The van der Waals surface area contributed by atoms with Gasteiger partial charge in [0.2, 0.25) is 0 Å². The quantitative estimate of drug-likeness (QED) is 0.855. The highest BCUT2D eigenvalue weighted by molar-refractivity contribution is 5.73. The van der Waals surface area contributed by atoms with Crippen molar-refractivity contribution >= 4 is 5.97 Å². The first-order chi connectivity index (χ1) is 8.66. The molecule has 0 radical (unpaired) electrons. The Hall–Kier alpha value is -2.20. The maximum atomic E-state index is 10.7. The summed E-state index contributed by atoms with van der Waals surface area (Å²) in [5.41, 5.74) is 8.53. The number of carboxylic acids is 1. The van der Waals surface area contributed by atoms with Gasteiger partial charge in [0.05, 0.1) is 0 Å². The van der Waals surface area contributed by atoms with E-state index in [9.17, 15) is 4.79 Å². The lowest BCUT2D eigenvalue weighted by Gasteiger charge is -2.08. The van der Waals surface area contributed by atoms with Crippen LogP contribution in [0.4, 0.5) is 0 Å². The minimum atomic E-state index is -0.982. The summed E-state index contributed by atoms with van der Waals surface area (Å²) < 4.78 is 0. The van der Waals surface area contributed by atoms with E-state index in [1.165, 1.54) is 0 Å². The Kier molecular flexibility index (Phi) is 3.69. The molecule has 18 heavy (non-hydrogen) atoms. The fourth-order valence-electron chi connectivity index (χ4n) is 1.76. The molecule has 0 bridgehead atoms. The van der Waals surface area contributed by atoms with Crippen LogP contribution in [-0.4, -0.2) is 22.1 Å². The van der Waals surface area contributed by atoms with Gasteiger partial charge in [-0.1, -0.05) is 24.3 Å². The minimum Gasteiger partial charge on any atom is -0.480 e. The number of aromatic nitrogens is 1. The van der Waals surface area contributed by atoms with E-state index in [4.69, 9.17) is 10.8 Å². The summed E-state index contributed by atoms with van der Waals surface area (Å²) in [5.74, 6) is -0.982. The van der Waals surface area contributed by atoms with Crippen molar-refractivity contribution in [3.05, 3.63) is 54.4 Å². The lowest BCUT2D eigenvalue weighted by Crippen LogP contribution is -2.32. The molecule has 1 unspecified atom stereocenters. The average Bonchev–Trinajstić information content (AvgIpc) is 2.40. The van der Waals surface area contributed by atoms with Gasteiger partial charge in [-0.05, 0) is 35.2 Å². The Labute approximate surface area is 105 Å². The highest BCUT2D eigenvalue weighted by atomic mass is 16.4. The predicted molar refractivity (Wildman–Crippen MR) is 69.0 cm³/mol. The molecule has 0 spiro atoms. The van der Waals surface area contributed by atoms with E-state index in [1.54, 1.807) is 12.4 Å². The van der Waals surface area contributed by atoms with Gasteiger partial charge in [-0.25, -0.2) is 0 Å². The standard InChI is InChI=1S/C14H14N2O2/c15-13(14(17)18)9-10-2-1-3-12(8-10)11-4-6-16-7-5-11/h1-8,13H,9,15H2,(H,17,18). The van der Waals surface area contributed by atoms with Crippen LogP contribution in [0.15, 0.2) is 48.8 Å². The number of nitrogens with zero attached hydrogens (tertiary/aromatic N) is 1. The van der Waals surface area contributed by atoms with E-state index < -0.39 is 12.0 Å². The molecule has 0 saturated heterocycles. The normalized spacial score (nSPS) is 12.1. The smallest absolute Gasteiger partial charge is 0.320 e. The lowest BCUT2D eigenvalue weighted by atomic mass is 10.0. The van der Waals surface area contributed by atoms with Gasteiger partial charge in [-0.2, -0.15) is 0 Å². The third-order valence-electron chi connectivity index (χ3n) is 2.71. The van der Waals surface area contributed by atoms with Gasteiger partial charge in [0.25, 0.3) is 0 Å². The second-order valence-corrected chi connectivity index (χ2v) is 4.09. The lowest BCUT2D eigenvalue weighted by molar-refractivity contribution is -0.138. The van der Waals surface area contributed by atoms with Crippen LogP contribution in [0.1, 0.15) is 5.56 Å². The molecule has 1 aromatic carbocycles. The van der Waals surface area contributed by atoms with Crippen LogP contribution in [-0.2, 0) is 11.2 Å². The summed E-state index contributed by atoms with van der Waals surface area (Å²) in [4.78, 5) is 14.7. The van der Waals surface area contributed by atoms with E-state index in [1.807, 2.05) is 36.4 Å². The van der Waals surface area contributed by atoms with E-state index >= 15 is 0 Å². The molecule has 0 amide bonds. The van der Waals surface area contributed by atoms with Gasteiger partial charge in [0, 0.05) is 12.4 Å². The van der Waals surface area contributed by atoms with E-state index in [0.29, 0.717) is 6.42 Å². The molecule has 92 valence electrons. The van der Waals surface area contributed by atoms with E-state index in [-0.39, 0.29) is 0 Å². The van der Waals surface area contributed by atoms with Gasteiger partial charge >= 0.3 is 5.97 Å². The number of carboxylic acid groups (broad SMARTS) is 1. The Morgan fingerprint density at radius 1 is 1.22 bits per heavy atom. The third kappa shape index (κ3) is 2.93. The maximum Gasteiger partial charge on any atom is 0.320 e. The molecule has 0 fully saturated rings. The number of aliphatic carboxylic acids is 1. The van der Waals surface area contributed by atoms with Crippen LogP contribution in [0, 0.1) is 0 Å². The first-order valence-electron chi connectivity index (χ1n) is 5.64. The Balaban J connectivity index is 2.23. The molecule has 1 atom stereocenters. The highest BCUT2D eigenvalue weighted by Crippen LogP contribution is 2.19. The number of benzene rings is 1.